The maximum absolute atomic E-state index is 4.63. The Morgan fingerprint density at radius 3 is 2.48 bits per heavy atom. The van der Waals surface area contributed by atoms with Crippen molar-refractivity contribution in [2.24, 2.45) is 0 Å². The summed E-state index contributed by atoms with van der Waals surface area (Å²) in [5.74, 6) is 1.13. The molecule has 3 heterocycles. The van der Waals surface area contributed by atoms with Crippen LogP contribution in [0.15, 0.2) is 97.5 Å². The minimum atomic E-state index is 0.508. The first kappa shape index (κ1) is 19.0. The van der Waals surface area contributed by atoms with Crippen LogP contribution in [0.1, 0.15) is 5.56 Å². The second-order valence-electron chi connectivity index (χ2n) is 7.66. The third-order valence-corrected chi connectivity index (χ3v) is 5.37. The lowest BCUT2D eigenvalue weighted by Gasteiger charge is -2.08. The van der Waals surface area contributed by atoms with Gasteiger partial charge in [0.05, 0.1) is 18.3 Å². The zero-order valence-electron chi connectivity index (χ0n) is 17.6. The summed E-state index contributed by atoms with van der Waals surface area (Å²) in [6.45, 7) is 0.709. The van der Waals surface area contributed by atoms with Crippen molar-refractivity contribution >= 4 is 39.7 Å². The van der Waals surface area contributed by atoms with Crippen molar-refractivity contribution in [3.05, 3.63) is 103 Å². The van der Waals surface area contributed by atoms with Gasteiger partial charge in [0.2, 0.25) is 11.6 Å². The number of nitrogens with zero attached hydrogens (tertiary/aromatic N) is 6. The fraction of sp³-hybridized carbons (Fsp3) is 0.0400. The molecule has 33 heavy (non-hydrogen) atoms. The Hall–Kier alpha value is -4.72. The molecular formula is C25H20N8. The van der Waals surface area contributed by atoms with Crippen LogP contribution in [0.5, 0.6) is 0 Å². The van der Waals surface area contributed by atoms with Crippen molar-refractivity contribution in [3.63, 3.8) is 0 Å². The Kier molecular flexibility index (Phi) is 4.65. The average Bonchev–Trinajstić information content (AvgIpc) is 3.45. The van der Waals surface area contributed by atoms with E-state index in [4.69, 9.17) is 0 Å². The first-order valence-corrected chi connectivity index (χ1v) is 10.6. The van der Waals surface area contributed by atoms with E-state index < -0.39 is 0 Å². The van der Waals surface area contributed by atoms with E-state index in [0.717, 1.165) is 22.3 Å². The molecule has 0 aliphatic carbocycles. The fourth-order valence-electron chi connectivity index (χ4n) is 3.78. The third kappa shape index (κ3) is 3.85. The molecule has 0 radical (unpaired) electrons. The molecule has 8 nitrogen and oxygen atoms in total. The summed E-state index contributed by atoms with van der Waals surface area (Å²) in [6.07, 6.45) is 5.37. The van der Waals surface area contributed by atoms with E-state index in [2.05, 4.69) is 55.1 Å². The lowest BCUT2D eigenvalue weighted by atomic mass is 10.2. The molecule has 2 N–H and O–H groups in total. The summed E-state index contributed by atoms with van der Waals surface area (Å²) >= 11 is 0. The van der Waals surface area contributed by atoms with Crippen LogP contribution in [0, 0.1) is 0 Å². The van der Waals surface area contributed by atoms with Gasteiger partial charge >= 0.3 is 0 Å². The molecule has 0 unspecified atom stereocenters. The number of anilines is 4. The summed E-state index contributed by atoms with van der Waals surface area (Å²) in [7, 11) is 0. The van der Waals surface area contributed by atoms with Crippen LogP contribution in [0.2, 0.25) is 0 Å². The maximum atomic E-state index is 4.63. The smallest absolute Gasteiger partial charge is 0.247 e. The second kappa shape index (κ2) is 8.08. The highest BCUT2D eigenvalue weighted by Crippen LogP contribution is 2.24. The van der Waals surface area contributed by atoms with Crippen LogP contribution in [0.4, 0.5) is 23.1 Å². The molecular weight excluding hydrogens is 412 g/mol. The van der Waals surface area contributed by atoms with Gasteiger partial charge in [0.25, 0.3) is 0 Å². The van der Waals surface area contributed by atoms with Gasteiger partial charge in [-0.1, -0.05) is 48.5 Å². The van der Waals surface area contributed by atoms with Crippen LogP contribution in [0.3, 0.4) is 0 Å². The van der Waals surface area contributed by atoms with Crippen molar-refractivity contribution in [1.29, 1.82) is 0 Å². The van der Waals surface area contributed by atoms with Crippen LogP contribution in [-0.2, 0) is 6.54 Å². The molecule has 0 atom stereocenters. The van der Waals surface area contributed by atoms with Gasteiger partial charge in [0.15, 0.2) is 5.82 Å². The summed E-state index contributed by atoms with van der Waals surface area (Å²) < 4.78 is 3.71. The molecule has 6 aromatic rings. The summed E-state index contributed by atoms with van der Waals surface area (Å²) in [6, 6.07) is 26.3. The Balaban J connectivity index is 1.30. The minimum Gasteiger partial charge on any atom is -0.337 e. The van der Waals surface area contributed by atoms with E-state index >= 15 is 0 Å². The topological polar surface area (TPSA) is 85.0 Å². The fourth-order valence-corrected chi connectivity index (χ4v) is 3.78. The van der Waals surface area contributed by atoms with Gasteiger partial charge in [-0.2, -0.15) is 10.1 Å². The first-order chi connectivity index (χ1) is 16.3. The van der Waals surface area contributed by atoms with E-state index in [0.29, 0.717) is 24.0 Å². The summed E-state index contributed by atoms with van der Waals surface area (Å²) in [5, 5.41) is 16.8. The number of hydrogen-bond acceptors (Lipinski definition) is 6. The number of fused-ring (bicyclic) bond motifs is 2. The van der Waals surface area contributed by atoms with Crippen LogP contribution in [-0.4, -0.2) is 29.4 Å². The molecule has 0 amide bonds. The molecule has 0 saturated heterocycles. The molecule has 0 saturated carbocycles. The average molecular weight is 432 g/mol. The molecule has 0 fully saturated rings. The lowest BCUT2D eigenvalue weighted by molar-refractivity contribution is 0.712. The van der Waals surface area contributed by atoms with Gasteiger partial charge in [0, 0.05) is 29.2 Å². The number of benzene rings is 3. The number of hydrogen-bond donors (Lipinski definition) is 2. The molecule has 3 aromatic carbocycles. The molecule has 0 bridgehead atoms. The molecule has 0 spiro atoms. The zero-order valence-corrected chi connectivity index (χ0v) is 17.6. The minimum absolute atomic E-state index is 0.508. The first-order valence-electron chi connectivity index (χ1n) is 10.6. The predicted molar refractivity (Wildman–Crippen MR) is 129 cm³/mol. The standard InChI is InChI=1S/C25H20N8/c1-3-7-18(8-4-1)17-33-22-15-21(12-11-19(22)16-27-33)28-23-24-30-25(31-32(24)14-13-26-23)29-20-9-5-2-6-10-20/h1-16H,17H2,(H,26,28)(H,29,31). The highest BCUT2D eigenvalue weighted by molar-refractivity contribution is 5.84. The summed E-state index contributed by atoms with van der Waals surface area (Å²) in [5.41, 5.74) is 4.71. The van der Waals surface area contributed by atoms with E-state index in [-0.39, 0.29) is 0 Å². The van der Waals surface area contributed by atoms with Gasteiger partial charge in [0.1, 0.15) is 0 Å². The van der Waals surface area contributed by atoms with E-state index in [9.17, 15) is 0 Å². The van der Waals surface area contributed by atoms with E-state index in [1.165, 1.54) is 5.56 Å². The van der Waals surface area contributed by atoms with E-state index in [1.54, 1.807) is 16.9 Å². The highest BCUT2D eigenvalue weighted by atomic mass is 15.4. The Bertz CT molecular complexity index is 1540. The Morgan fingerprint density at radius 2 is 1.64 bits per heavy atom. The predicted octanol–water partition coefficient (Wildman–Crippen LogP) is 5.01. The van der Waals surface area contributed by atoms with Crippen molar-refractivity contribution in [3.8, 4) is 0 Å². The maximum Gasteiger partial charge on any atom is 0.247 e. The van der Waals surface area contributed by atoms with Gasteiger partial charge in [-0.05, 0) is 35.9 Å². The largest absolute Gasteiger partial charge is 0.337 e. The molecule has 6 rings (SSSR count). The Labute approximate surface area is 189 Å². The van der Waals surface area contributed by atoms with Crippen molar-refractivity contribution in [2.75, 3.05) is 10.6 Å². The number of para-hydroxylation sites is 1. The normalized spacial score (nSPS) is 11.2. The molecule has 3 aromatic heterocycles. The van der Waals surface area contributed by atoms with Gasteiger partial charge in [-0.3, -0.25) is 4.68 Å². The van der Waals surface area contributed by atoms with Crippen LogP contribution >= 0.6 is 0 Å². The van der Waals surface area contributed by atoms with E-state index in [1.807, 2.05) is 65.5 Å². The quantitative estimate of drug-likeness (QED) is 0.385. The summed E-state index contributed by atoms with van der Waals surface area (Å²) in [4.78, 5) is 9.12. The SMILES string of the molecule is c1ccc(Cn2ncc3ccc(Nc4nccn5nc(Nc6ccccc6)nc45)cc32)cc1. The van der Waals surface area contributed by atoms with Crippen LogP contribution < -0.4 is 10.6 Å². The Morgan fingerprint density at radius 1 is 0.818 bits per heavy atom. The lowest BCUT2D eigenvalue weighted by Crippen LogP contribution is -2.02. The molecule has 0 aliphatic rings. The van der Waals surface area contributed by atoms with Crippen LogP contribution in [0.25, 0.3) is 16.6 Å². The molecule has 160 valence electrons. The van der Waals surface area contributed by atoms with Gasteiger partial charge in [-0.15, -0.1) is 5.10 Å². The number of rotatable bonds is 6. The third-order valence-electron chi connectivity index (χ3n) is 5.37. The second-order valence-corrected chi connectivity index (χ2v) is 7.66. The number of nitrogens with one attached hydrogen (secondary N) is 2. The zero-order chi connectivity index (χ0) is 22.0. The highest BCUT2D eigenvalue weighted by Gasteiger charge is 2.11. The molecule has 8 heteroatoms. The van der Waals surface area contributed by atoms with Gasteiger partial charge in [-0.25, -0.2) is 9.50 Å². The van der Waals surface area contributed by atoms with Crippen molar-refractivity contribution in [2.45, 2.75) is 6.54 Å². The molecule has 0 aliphatic heterocycles. The van der Waals surface area contributed by atoms with Gasteiger partial charge < -0.3 is 10.6 Å². The number of aromatic nitrogens is 6. The van der Waals surface area contributed by atoms with Crippen molar-refractivity contribution in [1.82, 2.24) is 29.4 Å². The monoisotopic (exact) mass is 432 g/mol. The van der Waals surface area contributed by atoms with Crippen molar-refractivity contribution < 1.29 is 0 Å².